The molecule has 0 aromatic carbocycles. The molecule has 0 unspecified atom stereocenters. The minimum Gasteiger partial charge on any atom is -0.216 e. The van der Waals surface area contributed by atoms with Gasteiger partial charge in [-0.2, -0.15) is 12.7 Å². The Kier molecular flexibility index (Phi) is 1.94. The molecule has 2 aliphatic carbocycles. The first-order valence-electron chi connectivity index (χ1n) is 4.69. The summed E-state index contributed by atoms with van der Waals surface area (Å²) in [5.74, 6) is 0. The quantitative estimate of drug-likeness (QED) is 0.710. The van der Waals surface area contributed by atoms with Gasteiger partial charge in [-0.1, -0.05) is 6.42 Å². The summed E-state index contributed by atoms with van der Waals surface area (Å²) in [6.07, 6.45) is 5.90. The third-order valence-electron chi connectivity index (χ3n) is 3.67. The minimum absolute atomic E-state index is 0.162. The molecule has 0 amide bonds. The van der Waals surface area contributed by atoms with E-state index in [-0.39, 0.29) is 6.04 Å². The lowest BCUT2D eigenvalue weighted by Crippen LogP contribution is -2.55. The summed E-state index contributed by atoms with van der Waals surface area (Å²) in [5, 5.41) is 5.04. The molecule has 0 radical (unpaired) electrons. The molecule has 13 heavy (non-hydrogen) atoms. The van der Waals surface area contributed by atoms with Crippen LogP contribution in [0.1, 0.15) is 32.1 Å². The van der Waals surface area contributed by atoms with Gasteiger partial charge in [0.25, 0.3) is 10.2 Å². The van der Waals surface area contributed by atoms with E-state index >= 15 is 0 Å². The van der Waals surface area contributed by atoms with Crippen LogP contribution in [0.4, 0.5) is 0 Å². The monoisotopic (exact) mass is 204 g/mol. The fourth-order valence-electron chi connectivity index (χ4n) is 2.49. The molecule has 2 rings (SSSR count). The van der Waals surface area contributed by atoms with E-state index in [0.717, 1.165) is 12.8 Å². The van der Waals surface area contributed by atoms with E-state index < -0.39 is 10.2 Å². The number of nitrogens with zero attached hydrogens (tertiary/aromatic N) is 1. The zero-order valence-corrected chi connectivity index (χ0v) is 8.68. The first kappa shape index (κ1) is 9.43. The number of hydrogen-bond acceptors (Lipinski definition) is 2. The highest BCUT2D eigenvalue weighted by Crippen LogP contribution is 2.57. The fourth-order valence-corrected chi connectivity index (χ4v) is 3.05. The van der Waals surface area contributed by atoms with Crippen LogP contribution in [0.25, 0.3) is 0 Å². The zero-order chi connectivity index (χ0) is 9.69. The Morgan fingerprint density at radius 3 is 2.23 bits per heavy atom. The second-order valence-electron chi connectivity index (χ2n) is 4.48. The van der Waals surface area contributed by atoms with Crippen LogP contribution in [0.2, 0.25) is 0 Å². The van der Waals surface area contributed by atoms with Crippen LogP contribution < -0.4 is 5.14 Å². The van der Waals surface area contributed by atoms with Crippen LogP contribution in [0.15, 0.2) is 0 Å². The Morgan fingerprint density at radius 1 is 1.38 bits per heavy atom. The Labute approximate surface area is 79.3 Å². The molecule has 4 nitrogen and oxygen atoms in total. The molecule has 0 atom stereocenters. The third-order valence-corrected chi connectivity index (χ3v) is 4.77. The second kappa shape index (κ2) is 2.68. The Bertz CT molecular complexity index is 300. The molecule has 5 heteroatoms. The molecule has 2 N–H and O–H groups in total. The summed E-state index contributed by atoms with van der Waals surface area (Å²) in [6.45, 7) is 0. The van der Waals surface area contributed by atoms with E-state index in [0.29, 0.717) is 5.41 Å². The van der Waals surface area contributed by atoms with E-state index in [1.165, 1.54) is 23.6 Å². The molecular formula is C8H16N2O2S. The predicted molar refractivity (Wildman–Crippen MR) is 50.2 cm³/mol. The van der Waals surface area contributed by atoms with Gasteiger partial charge in [0, 0.05) is 13.1 Å². The van der Waals surface area contributed by atoms with Crippen molar-refractivity contribution in [1.82, 2.24) is 4.31 Å². The lowest BCUT2D eigenvalue weighted by molar-refractivity contribution is -0.0236. The van der Waals surface area contributed by atoms with Gasteiger partial charge in [-0.15, -0.1) is 0 Å². The van der Waals surface area contributed by atoms with Gasteiger partial charge in [0.1, 0.15) is 0 Å². The molecule has 0 bridgehead atoms. The predicted octanol–water partition coefficient (Wildman–Crippen LogP) is 0.454. The third kappa shape index (κ3) is 1.49. The molecule has 1 spiro atoms. The lowest BCUT2D eigenvalue weighted by atomic mass is 9.54. The molecule has 2 aliphatic rings. The SMILES string of the molecule is CN(C1CC2(CCC2)C1)S(N)(=O)=O. The van der Waals surface area contributed by atoms with Gasteiger partial charge in [-0.3, -0.25) is 0 Å². The smallest absolute Gasteiger partial charge is 0.216 e. The molecule has 0 aromatic rings. The highest BCUT2D eigenvalue weighted by molar-refractivity contribution is 7.86. The van der Waals surface area contributed by atoms with Crippen molar-refractivity contribution < 1.29 is 8.42 Å². The van der Waals surface area contributed by atoms with Gasteiger partial charge >= 0.3 is 0 Å². The Hall–Kier alpha value is -0.130. The van der Waals surface area contributed by atoms with Crippen molar-refractivity contribution in [2.24, 2.45) is 10.6 Å². The van der Waals surface area contributed by atoms with Gasteiger partial charge in [0.2, 0.25) is 0 Å². The molecule has 76 valence electrons. The highest BCUT2D eigenvalue weighted by Gasteiger charge is 2.50. The maximum Gasteiger partial charge on any atom is 0.276 e. The average Bonchev–Trinajstić information content (AvgIpc) is 1.78. The lowest BCUT2D eigenvalue weighted by Gasteiger charge is -2.55. The topological polar surface area (TPSA) is 63.4 Å². The molecule has 0 aromatic heterocycles. The van der Waals surface area contributed by atoms with E-state index in [2.05, 4.69) is 0 Å². The van der Waals surface area contributed by atoms with Gasteiger partial charge in [0.15, 0.2) is 0 Å². The van der Waals surface area contributed by atoms with Crippen LogP contribution in [0, 0.1) is 5.41 Å². The first-order chi connectivity index (χ1) is 5.93. The Balaban J connectivity index is 1.93. The van der Waals surface area contributed by atoms with E-state index in [9.17, 15) is 8.42 Å². The van der Waals surface area contributed by atoms with Crippen LogP contribution in [0.5, 0.6) is 0 Å². The van der Waals surface area contributed by atoms with Crippen LogP contribution >= 0.6 is 0 Å². The molecule has 0 aliphatic heterocycles. The summed E-state index contributed by atoms with van der Waals surface area (Å²) in [5.41, 5.74) is 0.504. The average molecular weight is 204 g/mol. The summed E-state index contributed by atoms with van der Waals surface area (Å²) in [6, 6.07) is 0.162. The van der Waals surface area contributed by atoms with Crippen molar-refractivity contribution in [2.45, 2.75) is 38.1 Å². The van der Waals surface area contributed by atoms with Crippen LogP contribution in [-0.2, 0) is 10.2 Å². The van der Waals surface area contributed by atoms with E-state index in [4.69, 9.17) is 5.14 Å². The molecule has 0 saturated heterocycles. The molecule has 0 heterocycles. The summed E-state index contributed by atoms with van der Waals surface area (Å²) < 4.78 is 23.3. The first-order valence-corrected chi connectivity index (χ1v) is 6.19. The second-order valence-corrected chi connectivity index (χ2v) is 6.08. The van der Waals surface area contributed by atoms with E-state index in [1.807, 2.05) is 0 Å². The van der Waals surface area contributed by atoms with Crippen molar-refractivity contribution in [1.29, 1.82) is 0 Å². The number of nitrogens with two attached hydrogens (primary N) is 1. The van der Waals surface area contributed by atoms with Crippen LogP contribution in [-0.4, -0.2) is 25.8 Å². The largest absolute Gasteiger partial charge is 0.276 e. The number of hydrogen-bond donors (Lipinski definition) is 1. The molecule has 2 fully saturated rings. The van der Waals surface area contributed by atoms with Crippen molar-refractivity contribution in [3.63, 3.8) is 0 Å². The standard InChI is InChI=1S/C8H16N2O2S/c1-10(13(9,11)12)7-5-8(6-7)3-2-4-8/h7H,2-6H2,1H3,(H2,9,11,12). The normalized spacial score (nSPS) is 27.3. The summed E-state index contributed by atoms with van der Waals surface area (Å²) in [7, 11) is -1.89. The van der Waals surface area contributed by atoms with Crippen molar-refractivity contribution >= 4 is 10.2 Å². The van der Waals surface area contributed by atoms with Gasteiger partial charge in [-0.05, 0) is 31.1 Å². The minimum atomic E-state index is -3.46. The van der Waals surface area contributed by atoms with Gasteiger partial charge in [0.05, 0.1) is 0 Å². The van der Waals surface area contributed by atoms with Crippen molar-refractivity contribution in [3.05, 3.63) is 0 Å². The maximum atomic E-state index is 11.0. The van der Waals surface area contributed by atoms with Crippen LogP contribution in [0.3, 0.4) is 0 Å². The fraction of sp³-hybridized carbons (Fsp3) is 1.00. The van der Waals surface area contributed by atoms with Gasteiger partial charge in [-0.25, -0.2) is 5.14 Å². The summed E-state index contributed by atoms with van der Waals surface area (Å²) in [4.78, 5) is 0. The van der Waals surface area contributed by atoms with Crippen molar-refractivity contribution in [2.75, 3.05) is 7.05 Å². The van der Waals surface area contributed by atoms with E-state index in [1.54, 1.807) is 7.05 Å². The molecule has 2 saturated carbocycles. The number of rotatable bonds is 2. The van der Waals surface area contributed by atoms with Gasteiger partial charge < -0.3 is 0 Å². The molecular weight excluding hydrogens is 188 g/mol. The highest BCUT2D eigenvalue weighted by atomic mass is 32.2. The summed E-state index contributed by atoms with van der Waals surface area (Å²) >= 11 is 0. The van der Waals surface area contributed by atoms with Crippen molar-refractivity contribution in [3.8, 4) is 0 Å². The maximum absolute atomic E-state index is 11.0. The Morgan fingerprint density at radius 2 is 1.92 bits per heavy atom. The zero-order valence-electron chi connectivity index (χ0n) is 7.86.